The first-order chi connectivity index (χ1) is 19.7. The van der Waals surface area contributed by atoms with E-state index in [4.69, 9.17) is 9.47 Å². The zero-order valence-electron chi connectivity index (χ0n) is 22.5. The van der Waals surface area contributed by atoms with E-state index in [1.807, 2.05) is 131 Å². The van der Waals surface area contributed by atoms with Gasteiger partial charge in [0.05, 0.1) is 0 Å². The number of esters is 2. The maximum absolute atomic E-state index is 13.5. The molecule has 0 amide bonds. The molecule has 0 spiro atoms. The highest BCUT2D eigenvalue weighted by molar-refractivity contribution is 5.81. The molecule has 4 aromatic carbocycles. The minimum Gasteiger partial charge on any atom is -0.462 e. The van der Waals surface area contributed by atoms with Gasteiger partial charge in [0.15, 0.2) is 0 Å². The number of hydrogen-bond acceptors (Lipinski definition) is 6. The molecular formula is C34H34N2O4. The second-order valence-electron chi connectivity index (χ2n) is 10.0. The van der Waals surface area contributed by atoms with Crippen molar-refractivity contribution >= 4 is 11.9 Å². The fraction of sp³-hybridized carbons (Fsp3) is 0.235. The van der Waals surface area contributed by atoms with Gasteiger partial charge in [0.2, 0.25) is 0 Å². The van der Waals surface area contributed by atoms with Crippen LogP contribution in [0.5, 0.6) is 0 Å². The average molecular weight is 535 g/mol. The fourth-order valence-electron chi connectivity index (χ4n) is 4.98. The third kappa shape index (κ3) is 7.44. The Hall–Kier alpha value is -4.26. The Morgan fingerprint density at radius 2 is 0.700 bits per heavy atom. The van der Waals surface area contributed by atoms with E-state index < -0.39 is 12.1 Å². The third-order valence-electron chi connectivity index (χ3n) is 7.11. The van der Waals surface area contributed by atoms with Crippen molar-refractivity contribution in [1.29, 1.82) is 0 Å². The summed E-state index contributed by atoms with van der Waals surface area (Å²) in [7, 11) is 0. The highest BCUT2D eigenvalue weighted by Crippen LogP contribution is 2.20. The van der Waals surface area contributed by atoms with Crippen molar-refractivity contribution in [2.75, 3.05) is 13.2 Å². The van der Waals surface area contributed by atoms with Crippen molar-refractivity contribution in [2.45, 2.75) is 38.3 Å². The van der Waals surface area contributed by atoms with Gasteiger partial charge < -0.3 is 9.47 Å². The van der Waals surface area contributed by atoms with Crippen LogP contribution in [-0.2, 0) is 45.2 Å². The molecule has 0 N–H and O–H groups in total. The van der Waals surface area contributed by atoms with Crippen molar-refractivity contribution in [3.05, 3.63) is 144 Å². The van der Waals surface area contributed by atoms with Gasteiger partial charge in [0, 0.05) is 26.2 Å². The molecule has 1 saturated heterocycles. The first kappa shape index (κ1) is 27.3. The molecule has 1 aliphatic rings. The number of carbonyl (C=O) groups excluding carboxylic acids is 2. The Bertz CT molecular complexity index is 1160. The number of hydrogen-bond donors (Lipinski definition) is 0. The van der Waals surface area contributed by atoms with E-state index in [0.29, 0.717) is 26.2 Å². The maximum Gasteiger partial charge on any atom is 0.327 e. The first-order valence-corrected chi connectivity index (χ1v) is 13.6. The highest BCUT2D eigenvalue weighted by Gasteiger charge is 2.37. The zero-order chi connectivity index (χ0) is 27.6. The summed E-state index contributed by atoms with van der Waals surface area (Å²) in [5.41, 5.74) is 4.26. The van der Waals surface area contributed by atoms with Crippen molar-refractivity contribution in [3.8, 4) is 0 Å². The minimum atomic E-state index is -0.720. The minimum absolute atomic E-state index is 0.0711. The van der Waals surface area contributed by atoms with Gasteiger partial charge >= 0.3 is 11.9 Å². The molecule has 6 nitrogen and oxygen atoms in total. The highest BCUT2D eigenvalue weighted by atomic mass is 16.6. The Kier molecular flexibility index (Phi) is 9.35. The van der Waals surface area contributed by atoms with Crippen LogP contribution in [0.25, 0.3) is 0 Å². The molecule has 1 heterocycles. The summed E-state index contributed by atoms with van der Waals surface area (Å²) in [4.78, 5) is 31.1. The van der Waals surface area contributed by atoms with Crippen molar-refractivity contribution in [3.63, 3.8) is 0 Å². The van der Waals surface area contributed by atoms with Gasteiger partial charge in [-0.1, -0.05) is 121 Å². The summed E-state index contributed by atoms with van der Waals surface area (Å²) < 4.78 is 11.7. The molecule has 0 saturated carbocycles. The summed E-state index contributed by atoms with van der Waals surface area (Å²) in [5, 5.41) is 0. The van der Waals surface area contributed by atoms with E-state index in [2.05, 4.69) is 0 Å². The molecule has 0 radical (unpaired) electrons. The van der Waals surface area contributed by atoms with E-state index in [-0.39, 0.29) is 25.2 Å². The SMILES string of the molecule is O=C1OC[C@H](N(Cc2ccccc2)Cc2ccccc2)C(=O)OC[C@@H]1N(Cc1ccccc1)Cc1ccccc1. The predicted octanol–water partition coefficient (Wildman–Crippen LogP) is 5.23. The van der Waals surface area contributed by atoms with Crippen LogP contribution in [-0.4, -0.2) is 47.0 Å². The van der Waals surface area contributed by atoms with Gasteiger partial charge in [-0.25, -0.2) is 0 Å². The van der Waals surface area contributed by atoms with Crippen molar-refractivity contribution < 1.29 is 19.1 Å². The number of nitrogens with zero attached hydrogens (tertiary/aromatic N) is 2. The Labute approximate surface area is 235 Å². The molecule has 0 aliphatic carbocycles. The van der Waals surface area contributed by atoms with Crippen LogP contribution in [0.2, 0.25) is 0 Å². The van der Waals surface area contributed by atoms with Gasteiger partial charge in [-0.15, -0.1) is 0 Å². The van der Waals surface area contributed by atoms with Crippen LogP contribution in [0, 0.1) is 0 Å². The van der Waals surface area contributed by atoms with Crippen molar-refractivity contribution in [1.82, 2.24) is 9.80 Å². The van der Waals surface area contributed by atoms with Crippen LogP contribution in [0.1, 0.15) is 22.3 Å². The molecular weight excluding hydrogens is 500 g/mol. The van der Waals surface area contributed by atoms with Gasteiger partial charge in [0.1, 0.15) is 25.3 Å². The lowest BCUT2D eigenvalue weighted by molar-refractivity contribution is -0.171. The molecule has 0 bridgehead atoms. The summed E-state index contributed by atoms with van der Waals surface area (Å²) in [6.07, 6.45) is 0. The smallest absolute Gasteiger partial charge is 0.327 e. The molecule has 2 atom stereocenters. The largest absolute Gasteiger partial charge is 0.462 e. The second-order valence-corrected chi connectivity index (χ2v) is 10.0. The summed E-state index contributed by atoms with van der Waals surface area (Å²) in [5.74, 6) is -0.771. The number of carbonyl (C=O) groups is 2. The zero-order valence-corrected chi connectivity index (χ0v) is 22.5. The molecule has 6 heteroatoms. The average Bonchev–Trinajstić information content (AvgIpc) is 2.98. The fourth-order valence-corrected chi connectivity index (χ4v) is 4.98. The predicted molar refractivity (Wildman–Crippen MR) is 154 cm³/mol. The lowest BCUT2D eigenvalue weighted by atomic mass is 10.1. The Morgan fingerprint density at radius 1 is 0.450 bits per heavy atom. The van der Waals surface area contributed by atoms with E-state index in [1.54, 1.807) is 0 Å². The molecule has 4 aromatic rings. The monoisotopic (exact) mass is 534 g/mol. The molecule has 0 aromatic heterocycles. The van der Waals surface area contributed by atoms with Crippen LogP contribution < -0.4 is 0 Å². The Balaban J connectivity index is 1.35. The molecule has 40 heavy (non-hydrogen) atoms. The third-order valence-corrected chi connectivity index (χ3v) is 7.11. The first-order valence-electron chi connectivity index (χ1n) is 13.6. The standard InChI is InChI=1S/C34H34N2O4/c37-33-31(35(21-27-13-5-1-6-14-27)22-28-15-7-2-8-16-28)25-39-34(38)32(26-40-33)36(23-29-17-9-3-10-18-29)24-30-19-11-4-12-20-30/h1-20,31-32H,21-26H2/t31-,32-/m0/s1. The lowest BCUT2D eigenvalue weighted by Gasteiger charge is -2.35. The molecule has 1 aliphatic heterocycles. The van der Waals surface area contributed by atoms with Gasteiger partial charge in [-0.2, -0.15) is 0 Å². The van der Waals surface area contributed by atoms with Crippen LogP contribution >= 0.6 is 0 Å². The van der Waals surface area contributed by atoms with Crippen molar-refractivity contribution in [2.24, 2.45) is 0 Å². The van der Waals surface area contributed by atoms with E-state index in [1.165, 1.54) is 0 Å². The van der Waals surface area contributed by atoms with Gasteiger partial charge in [-0.3, -0.25) is 19.4 Å². The number of rotatable bonds is 10. The van der Waals surface area contributed by atoms with Gasteiger partial charge in [-0.05, 0) is 22.3 Å². The van der Waals surface area contributed by atoms with E-state index in [9.17, 15) is 9.59 Å². The van der Waals surface area contributed by atoms with E-state index in [0.717, 1.165) is 22.3 Å². The van der Waals surface area contributed by atoms with Crippen LogP contribution in [0.3, 0.4) is 0 Å². The molecule has 5 rings (SSSR count). The Morgan fingerprint density at radius 3 is 0.950 bits per heavy atom. The quantitative estimate of drug-likeness (QED) is 0.260. The van der Waals surface area contributed by atoms with Gasteiger partial charge in [0.25, 0.3) is 0 Å². The number of cyclic esters (lactones) is 2. The lowest BCUT2D eigenvalue weighted by Crippen LogP contribution is -2.52. The summed E-state index contributed by atoms with van der Waals surface area (Å²) in [6.45, 7) is 1.93. The summed E-state index contributed by atoms with van der Waals surface area (Å²) in [6, 6.07) is 38.5. The molecule has 0 unspecified atom stereocenters. The summed E-state index contributed by atoms with van der Waals surface area (Å²) >= 11 is 0. The number of benzene rings is 4. The topological polar surface area (TPSA) is 59.1 Å². The van der Waals surface area contributed by atoms with Crippen LogP contribution in [0.15, 0.2) is 121 Å². The normalized spacial score (nSPS) is 17.6. The maximum atomic E-state index is 13.5. The van der Waals surface area contributed by atoms with Crippen LogP contribution in [0.4, 0.5) is 0 Å². The van der Waals surface area contributed by atoms with E-state index >= 15 is 0 Å². The second kappa shape index (κ2) is 13.7. The molecule has 1 fully saturated rings. The number of ether oxygens (including phenoxy) is 2. The molecule has 204 valence electrons.